The second kappa shape index (κ2) is 5.25. The summed E-state index contributed by atoms with van der Waals surface area (Å²) in [5.74, 6) is 1.23. The van der Waals surface area contributed by atoms with Gasteiger partial charge in [-0.3, -0.25) is 4.90 Å². The van der Waals surface area contributed by atoms with Crippen LogP contribution in [0.15, 0.2) is 6.20 Å². The fourth-order valence-corrected chi connectivity index (χ4v) is 3.58. The van der Waals surface area contributed by atoms with E-state index in [1.165, 1.54) is 37.3 Å². The van der Waals surface area contributed by atoms with Crippen LogP contribution in [0.2, 0.25) is 0 Å². The number of nitrogens with zero attached hydrogens (tertiary/aromatic N) is 3. The average Bonchev–Trinajstić information content (AvgIpc) is 2.81. The van der Waals surface area contributed by atoms with Gasteiger partial charge in [0, 0.05) is 30.9 Å². The first-order valence-corrected chi connectivity index (χ1v) is 7.65. The molecule has 0 saturated carbocycles. The molecule has 0 radical (unpaired) electrons. The van der Waals surface area contributed by atoms with Gasteiger partial charge in [-0.2, -0.15) is 0 Å². The van der Waals surface area contributed by atoms with Crippen LogP contribution in [-0.2, 0) is 13.0 Å². The number of aromatic nitrogens is 2. The summed E-state index contributed by atoms with van der Waals surface area (Å²) in [6.45, 7) is 6.67. The van der Waals surface area contributed by atoms with Gasteiger partial charge in [0.25, 0.3) is 0 Å². The number of likely N-dealkylation sites (tertiary alicyclic amines) is 1. The summed E-state index contributed by atoms with van der Waals surface area (Å²) in [6, 6.07) is 1.05. The highest BCUT2D eigenvalue weighted by atomic mass is 16.3. The first-order chi connectivity index (χ1) is 9.16. The number of imidazole rings is 1. The minimum absolute atomic E-state index is 0.176. The minimum Gasteiger partial charge on any atom is -0.393 e. The molecule has 0 aliphatic carbocycles. The first-order valence-electron chi connectivity index (χ1n) is 7.65. The van der Waals surface area contributed by atoms with E-state index in [9.17, 15) is 5.11 Å². The van der Waals surface area contributed by atoms with Crippen LogP contribution < -0.4 is 0 Å². The number of hydrogen-bond donors (Lipinski definition) is 1. The van der Waals surface area contributed by atoms with Gasteiger partial charge in [0.15, 0.2) is 0 Å². The lowest BCUT2D eigenvalue weighted by Gasteiger charge is -2.38. The fourth-order valence-electron chi connectivity index (χ4n) is 3.58. The van der Waals surface area contributed by atoms with Crippen molar-refractivity contribution in [2.24, 2.45) is 0 Å². The molecular formula is C15H25N3O. The molecule has 2 aliphatic rings. The van der Waals surface area contributed by atoms with Gasteiger partial charge in [0.2, 0.25) is 0 Å². The molecule has 4 heteroatoms. The molecule has 1 fully saturated rings. The minimum atomic E-state index is -0.176. The molecule has 1 N–H and O–H groups in total. The van der Waals surface area contributed by atoms with Crippen molar-refractivity contribution in [3.05, 3.63) is 17.7 Å². The maximum Gasteiger partial charge on any atom is 0.126 e. The molecule has 4 nitrogen and oxygen atoms in total. The summed E-state index contributed by atoms with van der Waals surface area (Å²) in [6.07, 6.45) is 7.26. The summed E-state index contributed by atoms with van der Waals surface area (Å²) in [5, 5.41) is 9.76. The molecule has 3 rings (SSSR count). The van der Waals surface area contributed by atoms with E-state index in [1.54, 1.807) is 0 Å². The van der Waals surface area contributed by atoms with Crippen LogP contribution in [0.4, 0.5) is 0 Å². The Labute approximate surface area is 115 Å². The fraction of sp³-hybridized carbons (Fsp3) is 0.800. The molecule has 0 spiro atoms. The number of aliphatic hydroxyl groups is 1. The second-order valence-corrected chi connectivity index (χ2v) is 6.25. The Bertz CT molecular complexity index is 441. The highest BCUT2D eigenvalue weighted by Gasteiger charge is 2.31. The lowest BCUT2D eigenvalue weighted by molar-refractivity contribution is 0.0985. The Morgan fingerprint density at radius 3 is 2.89 bits per heavy atom. The smallest absolute Gasteiger partial charge is 0.126 e. The molecule has 3 heterocycles. The van der Waals surface area contributed by atoms with Crippen molar-refractivity contribution in [2.45, 2.75) is 70.7 Å². The lowest BCUT2D eigenvalue weighted by Crippen LogP contribution is -2.40. The van der Waals surface area contributed by atoms with Crippen molar-refractivity contribution in [3.63, 3.8) is 0 Å². The molecule has 106 valence electrons. The molecule has 0 aromatic carbocycles. The molecular weight excluding hydrogens is 238 g/mol. The monoisotopic (exact) mass is 263 g/mol. The number of hydrogen-bond acceptors (Lipinski definition) is 3. The number of aliphatic hydroxyl groups excluding tert-OH is 1. The highest BCUT2D eigenvalue weighted by molar-refractivity contribution is 5.13. The third-order valence-electron chi connectivity index (χ3n) is 4.61. The molecule has 2 aliphatic heterocycles. The van der Waals surface area contributed by atoms with E-state index in [1.807, 2.05) is 6.20 Å². The van der Waals surface area contributed by atoms with Crippen LogP contribution in [0, 0.1) is 0 Å². The number of rotatable bonds is 2. The number of fused-ring (bicyclic) bond motifs is 1. The van der Waals surface area contributed by atoms with Gasteiger partial charge in [-0.15, -0.1) is 0 Å². The third-order valence-corrected chi connectivity index (χ3v) is 4.61. The van der Waals surface area contributed by atoms with E-state index in [2.05, 4.69) is 23.3 Å². The molecule has 0 amide bonds. The summed E-state index contributed by atoms with van der Waals surface area (Å²) >= 11 is 0. The topological polar surface area (TPSA) is 41.3 Å². The predicted octanol–water partition coefficient (Wildman–Crippen LogP) is 2.13. The van der Waals surface area contributed by atoms with E-state index in [0.717, 1.165) is 19.4 Å². The highest BCUT2D eigenvalue weighted by Crippen LogP contribution is 2.33. The zero-order chi connectivity index (χ0) is 13.4. The quantitative estimate of drug-likeness (QED) is 0.888. The molecule has 1 saturated heterocycles. The SMILES string of the molecule is CC(C)N1CCCCC1c1ncc2n1CCC(O)C2. The van der Waals surface area contributed by atoms with Gasteiger partial charge in [0.05, 0.1) is 12.1 Å². The zero-order valence-electron chi connectivity index (χ0n) is 12.0. The lowest BCUT2D eigenvalue weighted by atomic mass is 9.99. The van der Waals surface area contributed by atoms with Crippen LogP contribution in [0.1, 0.15) is 57.1 Å². The molecule has 19 heavy (non-hydrogen) atoms. The van der Waals surface area contributed by atoms with Crippen molar-refractivity contribution in [3.8, 4) is 0 Å². The molecule has 1 aromatic heterocycles. The Morgan fingerprint density at radius 2 is 2.11 bits per heavy atom. The van der Waals surface area contributed by atoms with Gasteiger partial charge >= 0.3 is 0 Å². The average molecular weight is 263 g/mol. The first kappa shape index (κ1) is 13.1. The molecule has 1 aromatic rings. The molecule has 2 unspecified atom stereocenters. The van der Waals surface area contributed by atoms with Crippen molar-refractivity contribution < 1.29 is 5.11 Å². The van der Waals surface area contributed by atoms with Gasteiger partial charge in [-0.25, -0.2) is 4.98 Å². The summed E-state index contributed by atoms with van der Waals surface area (Å²) in [4.78, 5) is 7.29. The Morgan fingerprint density at radius 1 is 1.26 bits per heavy atom. The van der Waals surface area contributed by atoms with Crippen LogP contribution in [0.5, 0.6) is 0 Å². The largest absolute Gasteiger partial charge is 0.393 e. The van der Waals surface area contributed by atoms with Crippen molar-refractivity contribution in [1.82, 2.24) is 14.5 Å². The van der Waals surface area contributed by atoms with Crippen molar-refractivity contribution >= 4 is 0 Å². The summed E-state index contributed by atoms with van der Waals surface area (Å²) in [7, 11) is 0. The van der Waals surface area contributed by atoms with Gasteiger partial charge in [-0.05, 0) is 39.7 Å². The standard InChI is InChI=1S/C15H25N3O/c1-11(2)17-7-4-3-5-14(17)15-16-10-12-9-13(19)6-8-18(12)15/h10-11,13-14,19H,3-9H2,1-2H3. The van der Waals surface area contributed by atoms with E-state index >= 15 is 0 Å². The van der Waals surface area contributed by atoms with Gasteiger partial charge in [0.1, 0.15) is 5.82 Å². The van der Waals surface area contributed by atoms with Crippen LogP contribution in [-0.4, -0.2) is 38.2 Å². The predicted molar refractivity (Wildman–Crippen MR) is 75.0 cm³/mol. The van der Waals surface area contributed by atoms with E-state index in [0.29, 0.717) is 12.1 Å². The Hall–Kier alpha value is -0.870. The van der Waals surface area contributed by atoms with E-state index in [4.69, 9.17) is 4.98 Å². The van der Waals surface area contributed by atoms with Crippen LogP contribution in [0.25, 0.3) is 0 Å². The third kappa shape index (κ3) is 2.43. The second-order valence-electron chi connectivity index (χ2n) is 6.25. The maximum absolute atomic E-state index is 9.76. The van der Waals surface area contributed by atoms with E-state index in [-0.39, 0.29) is 6.10 Å². The molecule has 2 atom stereocenters. The maximum atomic E-state index is 9.76. The van der Waals surface area contributed by atoms with Crippen LogP contribution in [0.3, 0.4) is 0 Å². The number of piperidine rings is 1. The van der Waals surface area contributed by atoms with Gasteiger partial charge in [-0.1, -0.05) is 6.42 Å². The van der Waals surface area contributed by atoms with Crippen molar-refractivity contribution in [1.29, 1.82) is 0 Å². The molecule has 0 bridgehead atoms. The summed E-state index contributed by atoms with van der Waals surface area (Å²) in [5.41, 5.74) is 1.21. The van der Waals surface area contributed by atoms with Crippen molar-refractivity contribution in [2.75, 3.05) is 6.54 Å². The van der Waals surface area contributed by atoms with Crippen LogP contribution >= 0.6 is 0 Å². The Kier molecular flexibility index (Phi) is 3.63. The zero-order valence-corrected chi connectivity index (χ0v) is 12.0. The van der Waals surface area contributed by atoms with E-state index < -0.39 is 0 Å². The Balaban J connectivity index is 1.88. The normalized spacial score (nSPS) is 28.6. The summed E-state index contributed by atoms with van der Waals surface area (Å²) < 4.78 is 2.36. The van der Waals surface area contributed by atoms with Gasteiger partial charge < -0.3 is 9.67 Å².